The Morgan fingerprint density at radius 1 is 1.62 bits per heavy atom. The maximum Gasteiger partial charge on any atom is 0.251 e. The lowest BCUT2D eigenvalue weighted by molar-refractivity contribution is 0.0955. The fourth-order valence-corrected chi connectivity index (χ4v) is 0.952. The first-order valence-corrected chi connectivity index (χ1v) is 4.10. The van der Waals surface area contributed by atoms with E-state index in [9.17, 15) is 9.59 Å². The van der Waals surface area contributed by atoms with Crippen LogP contribution in [0.2, 0.25) is 0 Å². The average molecular weight is 180 g/mol. The minimum atomic E-state index is -0.208. The zero-order valence-corrected chi connectivity index (χ0v) is 7.70. The van der Waals surface area contributed by atoms with E-state index < -0.39 is 0 Å². The summed E-state index contributed by atoms with van der Waals surface area (Å²) in [5.74, 6) is -0.208. The first-order valence-electron chi connectivity index (χ1n) is 4.10. The van der Waals surface area contributed by atoms with Gasteiger partial charge in [-0.15, -0.1) is 0 Å². The molecule has 1 rings (SSSR count). The lowest BCUT2D eigenvalue weighted by atomic mass is 10.2. The van der Waals surface area contributed by atoms with Gasteiger partial charge in [0.25, 0.3) is 11.5 Å². The van der Waals surface area contributed by atoms with E-state index in [1.54, 1.807) is 19.3 Å². The van der Waals surface area contributed by atoms with E-state index in [1.807, 2.05) is 6.92 Å². The number of hydrogen-bond acceptors (Lipinski definition) is 2. The van der Waals surface area contributed by atoms with Crippen LogP contribution in [0.1, 0.15) is 17.3 Å². The number of aryl methyl sites for hydroxylation is 1. The monoisotopic (exact) mass is 180 g/mol. The highest BCUT2D eigenvalue weighted by molar-refractivity contribution is 5.93. The summed E-state index contributed by atoms with van der Waals surface area (Å²) in [6.07, 6.45) is 1.58. The van der Waals surface area contributed by atoms with Gasteiger partial charge in [-0.25, -0.2) is 0 Å². The number of hydrogen-bond donors (Lipinski definition) is 1. The Morgan fingerprint density at radius 3 is 2.85 bits per heavy atom. The second kappa shape index (κ2) is 3.89. The fourth-order valence-electron chi connectivity index (χ4n) is 0.952. The zero-order chi connectivity index (χ0) is 9.84. The molecule has 0 aliphatic heterocycles. The van der Waals surface area contributed by atoms with Crippen molar-refractivity contribution in [3.63, 3.8) is 0 Å². The summed E-state index contributed by atoms with van der Waals surface area (Å²) in [4.78, 5) is 22.4. The first-order chi connectivity index (χ1) is 6.15. The fraction of sp³-hybridized carbons (Fsp3) is 0.333. The standard InChI is InChI=1S/C9H12N2O2/c1-3-10-9(13)7-4-5-11(2)8(12)6-7/h4-6H,3H2,1-2H3,(H,10,13). The van der Waals surface area contributed by atoms with E-state index in [2.05, 4.69) is 5.32 Å². The van der Waals surface area contributed by atoms with Crippen LogP contribution in [0, 0.1) is 0 Å². The molecule has 13 heavy (non-hydrogen) atoms. The van der Waals surface area contributed by atoms with Crippen molar-refractivity contribution < 1.29 is 4.79 Å². The van der Waals surface area contributed by atoms with Gasteiger partial charge in [0, 0.05) is 31.4 Å². The molecule has 0 aromatic carbocycles. The second-order valence-electron chi connectivity index (χ2n) is 2.72. The molecule has 0 atom stereocenters. The van der Waals surface area contributed by atoms with Crippen molar-refractivity contribution in [2.75, 3.05) is 6.54 Å². The largest absolute Gasteiger partial charge is 0.352 e. The summed E-state index contributed by atoms with van der Waals surface area (Å²) >= 11 is 0. The van der Waals surface area contributed by atoms with Crippen LogP contribution < -0.4 is 10.9 Å². The minimum absolute atomic E-state index is 0.177. The Bertz CT molecular complexity index is 368. The number of rotatable bonds is 2. The lowest BCUT2D eigenvalue weighted by Gasteiger charge is -2.02. The Labute approximate surface area is 76.2 Å². The third kappa shape index (κ3) is 2.18. The van der Waals surface area contributed by atoms with Gasteiger partial charge in [0.1, 0.15) is 0 Å². The molecule has 0 saturated carbocycles. The normalized spacial score (nSPS) is 9.69. The second-order valence-corrected chi connectivity index (χ2v) is 2.72. The van der Waals surface area contributed by atoms with Crippen LogP contribution in [0.15, 0.2) is 23.1 Å². The number of carbonyl (C=O) groups excluding carboxylic acids is 1. The van der Waals surface area contributed by atoms with Gasteiger partial charge in [0.05, 0.1) is 0 Å². The van der Waals surface area contributed by atoms with E-state index in [-0.39, 0.29) is 11.5 Å². The molecule has 70 valence electrons. The molecule has 0 aliphatic carbocycles. The van der Waals surface area contributed by atoms with Crippen molar-refractivity contribution >= 4 is 5.91 Å². The van der Waals surface area contributed by atoms with E-state index >= 15 is 0 Å². The molecule has 1 N–H and O–H groups in total. The predicted octanol–water partition coefficient (Wildman–Crippen LogP) is 0.135. The molecule has 0 fully saturated rings. The number of nitrogens with one attached hydrogen (secondary N) is 1. The Balaban J connectivity index is 2.97. The first kappa shape index (κ1) is 9.51. The number of carbonyl (C=O) groups is 1. The molecule has 4 heteroatoms. The number of nitrogens with zero attached hydrogens (tertiary/aromatic N) is 1. The van der Waals surface area contributed by atoms with Crippen molar-refractivity contribution in [2.24, 2.45) is 7.05 Å². The average Bonchev–Trinajstić information content (AvgIpc) is 2.10. The lowest BCUT2D eigenvalue weighted by Crippen LogP contribution is -2.25. The highest BCUT2D eigenvalue weighted by atomic mass is 16.2. The molecule has 0 bridgehead atoms. The van der Waals surface area contributed by atoms with E-state index in [1.165, 1.54) is 10.6 Å². The highest BCUT2D eigenvalue weighted by Gasteiger charge is 2.03. The van der Waals surface area contributed by atoms with E-state index in [0.717, 1.165) is 0 Å². The molecule has 0 unspecified atom stereocenters. The number of pyridine rings is 1. The molecule has 0 radical (unpaired) electrons. The maximum absolute atomic E-state index is 11.2. The molecule has 0 spiro atoms. The van der Waals surface area contributed by atoms with Gasteiger partial charge in [-0.2, -0.15) is 0 Å². The van der Waals surface area contributed by atoms with Crippen LogP contribution in [0.25, 0.3) is 0 Å². The summed E-state index contributed by atoms with van der Waals surface area (Å²) < 4.78 is 1.42. The van der Waals surface area contributed by atoms with Crippen molar-refractivity contribution in [1.82, 2.24) is 9.88 Å². The van der Waals surface area contributed by atoms with E-state index in [0.29, 0.717) is 12.1 Å². The van der Waals surface area contributed by atoms with Crippen LogP contribution in [-0.4, -0.2) is 17.0 Å². The molecule has 0 aliphatic rings. The Morgan fingerprint density at radius 2 is 2.31 bits per heavy atom. The molecule has 1 heterocycles. The summed E-state index contributed by atoms with van der Waals surface area (Å²) in [6.45, 7) is 2.40. The van der Waals surface area contributed by atoms with Crippen LogP contribution in [0.4, 0.5) is 0 Å². The molecule has 4 nitrogen and oxygen atoms in total. The third-order valence-electron chi connectivity index (χ3n) is 1.70. The summed E-state index contributed by atoms with van der Waals surface area (Å²) in [5.41, 5.74) is 0.230. The Kier molecular flexibility index (Phi) is 2.84. The number of aromatic nitrogens is 1. The highest BCUT2D eigenvalue weighted by Crippen LogP contribution is 1.92. The van der Waals surface area contributed by atoms with Gasteiger partial charge < -0.3 is 9.88 Å². The quantitative estimate of drug-likeness (QED) is 0.703. The summed E-state index contributed by atoms with van der Waals surface area (Å²) in [7, 11) is 1.64. The van der Waals surface area contributed by atoms with Crippen LogP contribution in [0.3, 0.4) is 0 Å². The van der Waals surface area contributed by atoms with Gasteiger partial charge >= 0.3 is 0 Å². The SMILES string of the molecule is CCNC(=O)c1ccn(C)c(=O)c1. The van der Waals surface area contributed by atoms with E-state index in [4.69, 9.17) is 0 Å². The molecular formula is C9H12N2O2. The third-order valence-corrected chi connectivity index (χ3v) is 1.70. The molecule has 1 amide bonds. The van der Waals surface area contributed by atoms with Gasteiger partial charge in [0.15, 0.2) is 0 Å². The molecule has 0 saturated heterocycles. The summed E-state index contributed by atoms with van der Waals surface area (Å²) in [6, 6.07) is 2.94. The maximum atomic E-state index is 11.2. The van der Waals surface area contributed by atoms with Crippen molar-refractivity contribution in [3.05, 3.63) is 34.2 Å². The predicted molar refractivity (Wildman–Crippen MR) is 49.7 cm³/mol. The topological polar surface area (TPSA) is 51.1 Å². The van der Waals surface area contributed by atoms with Gasteiger partial charge in [0.2, 0.25) is 0 Å². The smallest absolute Gasteiger partial charge is 0.251 e. The van der Waals surface area contributed by atoms with Gasteiger partial charge in [-0.3, -0.25) is 9.59 Å². The minimum Gasteiger partial charge on any atom is -0.352 e. The van der Waals surface area contributed by atoms with Crippen LogP contribution in [-0.2, 0) is 7.05 Å². The van der Waals surface area contributed by atoms with Crippen molar-refractivity contribution in [3.8, 4) is 0 Å². The van der Waals surface area contributed by atoms with Crippen molar-refractivity contribution in [1.29, 1.82) is 0 Å². The van der Waals surface area contributed by atoms with Crippen LogP contribution >= 0.6 is 0 Å². The van der Waals surface area contributed by atoms with Gasteiger partial charge in [-0.1, -0.05) is 0 Å². The Hall–Kier alpha value is -1.58. The molecule has 1 aromatic rings. The number of amides is 1. The zero-order valence-electron chi connectivity index (χ0n) is 7.70. The molecular weight excluding hydrogens is 168 g/mol. The van der Waals surface area contributed by atoms with Crippen LogP contribution in [0.5, 0.6) is 0 Å². The van der Waals surface area contributed by atoms with Gasteiger partial charge in [-0.05, 0) is 13.0 Å². The summed E-state index contributed by atoms with van der Waals surface area (Å²) in [5, 5.41) is 2.62. The molecule has 1 aromatic heterocycles. The van der Waals surface area contributed by atoms with Crippen molar-refractivity contribution in [2.45, 2.75) is 6.92 Å².